The molecule has 0 bridgehead atoms. The van der Waals surface area contributed by atoms with Crippen molar-refractivity contribution in [2.45, 2.75) is 39.7 Å². The first-order valence-corrected chi connectivity index (χ1v) is 6.54. The zero-order chi connectivity index (χ0) is 14.0. The Bertz CT molecular complexity index is 244. The average Bonchev–Trinajstić information content (AvgIpc) is 2.34. The van der Waals surface area contributed by atoms with Crippen LogP contribution in [-0.2, 0) is 4.74 Å². The maximum absolute atomic E-state index is 11.4. The van der Waals surface area contributed by atoms with Gasteiger partial charge < -0.3 is 10.1 Å². The van der Waals surface area contributed by atoms with Crippen LogP contribution in [0.2, 0.25) is 0 Å². The van der Waals surface area contributed by atoms with Gasteiger partial charge in [0.25, 0.3) is 0 Å². The van der Waals surface area contributed by atoms with E-state index in [0.29, 0.717) is 19.1 Å². The van der Waals surface area contributed by atoms with Crippen LogP contribution in [0.4, 0.5) is 4.79 Å². The van der Waals surface area contributed by atoms with Crippen LogP contribution in [0.15, 0.2) is 12.7 Å². The molecular formula is C13H27N3O2. The monoisotopic (exact) mass is 257 g/mol. The van der Waals surface area contributed by atoms with Gasteiger partial charge in [-0.2, -0.15) is 0 Å². The Kier molecular flexibility index (Phi) is 9.32. The number of carbonyl (C=O) groups is 1. The van der Waals surface area contributed by atoms with E-state index < -0.39 is 0 Å². The fourth-order valence-corrected chi connectivity index (χ4v) is 1.41. The van der Waals surface area contributed by atoms with Crippen LogP contribution in [0.3, 0.4) is 0 Å². The Morgan fingerprint density at radius 1 is 1.56 bits per heavy atom. The molecule has 0 saturated carbocycles. The van der Waals surface area contributed by atoms with Gasteiger partial charge in [-0.05, 0) is 18.8 Å². The summed E-state index contributed by atoms with van der Waals surface area (Å²) >= 11 is 0. The van der Waals surface area contributed by atoms with E-state index in [9.17, 15) is 4.79 Å². The van der Waals surface area contributed by atoms with Crippen molar-refractivity contribution in [1.29, 1.82) is 0 Å². The Hall–Kier alpha value is -1.07. The second-order valence-corrected chi connectivity index (χ2v) is 4.75. The summed E-state index contributed by atoms with van der Waals surface area (Å²) in [5.41, 5.74) is 0. The van der Waals surface area contributed by atoms with E-state index in [2.05, 4.69) is 11.9 Å². The molecule has 0 aliphatic carbocycles. The number of rotatable bonds is 9. The maximum Gasteiger partial charge on any atom is 0.407 e. The number of nitrogens with two attached hydrogens (primary N) is 1. The summed E-state index contributed by atoms with van der Waals surface area (Å²) in [6.45, 7) is 11.4. The number of alkyl carbamates (subject to hydrolysis) is 1. The lowest BCUT2D eigenvalue weighted by atomic mass is 10.2. The lowest BCUT2D eigenvalue weighted by Crippen LogP contribution is -2.47. The third-order valence-corrected chi connectivity index (χ3v) is 2.56. The highest BCUT2D eigenvalue weighted by molar-refractivity contribution is 5.67. The Morgan fingerprint density at radius 2 is 2.22 bits per heavy atom. The van der Waals surface area contributed by atoms with Gasteiger partial charge in [0.1, 0.15) is 0 Å². The molecule has 0 aromatic rings. The normalized spacial score (nSPS) is 12.6. The molecule has 106 valence electrons. The fraction of sp³-hybridized carbons (Fsp3) is 0.769. The summed E-state index contributed by atoms with van der Waals surface area (Å²) in [6.07, 6.45) is 3.17. The SMILES string of the molecule is C=CCCN(N)C(CC)CNC(=O)OCC(C)C. The average molecular weight is 257 g/mol. The first-order valence-electron chi connectivity index (χ1n) is 6.54. The molecule has 0 fully saturated rings. The quantitative estimate of drug-likeness (QED) is 0.376. The van der Waals surface area contributed by atoms with E-state index >= 15 is 0 Å². The van der Waals surface area contributed by atoms with E-state index in [1.165, 1.54) is 0 Å². The summed E-state index contributed by atoms with van der Waals surface area (Å²) in [4.78, 5) is 11.4. The molecule has 0 aliphatic heterocycles. The van der Waals surface area contributed by atoms with Gasteiger partial charge >= 0.3 is 6.09 Å². The van der Waals surface area contributed by atoms with Crippen molar-refractivity contribution in [2.75, 3.05) is 19.7 Å². The Balaban J connectivity index is 3.91. The van der Waals surface area contributed by atoms with Gasteiger partial charge in [-0.3, -0.25) is 5.84 Å². The van der Waals surface area contributed by atoms with E-state index in [1.54, 1.807) is 5.01 Å². The predicted octanol–water partition coefficient (Wildman–Crippen LogP) is 1.90. The minimum Gasteiger partial charge on any atom is -0.449 e. The summed E-state index contributed by atoms with van der Waals surface area (Å²) in [7, 11) is 0. The standard InChI is InChI=1S/C13H27N3O2/c1-5-7-8-16(14)12(6-2)9-15-13(17)18-10-11(3)4/h5,11-12H,1,6-10,14H2,2-4H3,(H,15,17). The van der Waals surface area contributed by atoms with Crippen molar-refractivity contribution in [3.05, 3.63) is 12.7 Å². The molecule has 0 spiro atoms. The van der Waals surface area contributed by atoms with Crippen molar-refractivity contribution < 1.29 is 9.53 Å². The molecule has 0 heterocycles. The molecule has 5 nitrogen and oxygen atoms in total. The third kappa shape index (κ3) is 8.08. The highest BCUT2D eigenvalue weighted by Crippen LogP contribution is 2.00. The highest BCUT2D eigenvalue weighted by atomic mass is 16.5. The number of hydrazine groups is 1. The Labute approximate surface area is 110 Å². The predicted molar refractivity (Wildman–Crippen MR) is 74.0 cm³/mol. The summed E-state index contributed by atoms with van der Waals surface area (Å²) in [5, 5.41) is 4.48. The first-order chi connectivity index (χ1) is 8.51. The van der Waals surface area contributed by atoms with Crippen LogP contribution in [0, 0.1) is 5.92 Å². The molecule has 0 rings (SSSR count). The molecule has 3 N–H and O–H groups in total. The minimum absolute atomic E-state index is 0.122. The van der Waals surface area contributed by atoms with Crippen molar-refractivity contribution in [1.82, 2.24) is 10.3 Å². The van der Waals surface area contributed by atoms with Crippen molar-refractivity contribution in [2.24, 2.45) is 11.8 Å². The molecule has 1 amide bonds. The van der Waals surface area contributed by atoms with Crippen LogP contribution in [0.5, 0.6) is 0 Å². The molecule has 18 heavy (non-hydrogen) atoms. The number of nitrogens with zero attached hydrogens (tertiary/aromatic N) is 1. The van der Waals surface area contributed by atoms with Crippen molar-refractivity contribution in [3.8, 4) is 0 Å². The molecule has 0 aromatic carbocycles. The van der Waals surface area contributed by atoms with Crippen LogP contribution >= 0.6 is 0 Å². The lowest BCUT2D eigenvalue weighted by molar-refractivity contribution is 0.126. The van der Waals surface area contributed by atoms with Gasteiger partial charge in [-0.15, -0.1) is 6.58 Å². The topological polar surface area (TPSA) is 67.6 Å². The molecule has 0 aromatic heterocycles. The number of carbonyl (C=O) groups excluding carboxylic acids is 1. The number of ether oxygens (including phenoxy) is 1. The van der Waals surface area contributed by atoms with Crippen LogP contribution < -0.4 is 11.2 Å². The second kappa shape index (κ2) is 9.91. The fourth-order valence-electron chi connectivity index (χ4n) is 1.41. The molecule has 5 heteroatoms. The largest absolute Gasteiger partial charge is 0.449 e. The van der Waals surface area contributed by atoms with E-state index in [-0.39, 0.29) is 12.1 Å². The van der Waals surface area contributed by atoms with Crippen molar-refractivity contribution >= 4 is 6.09 Å². The van der Waals surface area contributed by atoms with Crippen LogP contribution in [-0.4, -0.2) is 36.8 Å². The van der Waals surface area contributed by atoms with Gasteiger partial charge in [0.05, 0.1) is 6.61 Å². The van der Waals surface area contributed by atoms with E-state index in [1.807, 2.05) is 26.8 Å². The van der Waals surface area contributed by atoms with Crippen LogP contribution in [0.25, 0.3) is 0 Å². The highest BCUT2D eigenvalue weighted by Gasteiger charge is 2.14. The molecule has 1 unspecified atom stereocenters. The van der Waals surface area contributed by atoms with Crippen LogP contribution in [0.1, 0.15) is 33.6 Å². The lowest BCUT2D eigenvalue weighted by Gasteiger charge is -2.26. The smallest absolute Gasteiger partial charge is 0.407 e. The van der Waals surface area contributed by atoms with Gasteiger partial charge in [-0.1, -0.05) is 26.8 Å². The first kappa shape index (κ1) is 16.9. The van der Waals surface area contributed by atoms with E-state index in [0.717, 1.165) is 19.4 Å². The van der Waals surface area contributed by atoms with Gasteiger partial charge in [-0.25, -0.2) is 9.80 Å². The number of hydrogen-bond acceptors (Lipinski definition) is 4. The number of hydrogen-bond donors (Lipinski definition) is 2. The third-order valence-electron chi connectivity index (χ3n) is 2.56. The molecule has 0 aliphatic rings. The van der Waals surface area contributed by atoms with Crippen molar-refractivity contribution in [3.63, 3.8) is 0 Å². The molecule has 1 atom stereocenters. The second-order valence-electron chi connectivity index (χ2n) is 4.75. The number of amides is 1. The maximum atomic E-state index is 11.4. The van der Waals surface area contributed by atoms with Gasteiger partial charge in [0.15, 0.2) is 0 Å². The molecule has 0 saturated heterocycles. The zero-order valence-corrected chi connectivity index (χ0v) is 11.8. The summed E-state index contributed by atoms with van der Waals surface area (Å²) < 4.78 is 5.03. The number of nitrogens with one attached hydrogen (secondary N) is 1. The van der Waals surface area contributed by atoms with Gasteiger partial charge in [0, 0.05) is 19.1 Å². The summed E-state index contributed by atoms with van der Waals surface area (Å²) in [5.74, 6) is 6.26. The molecular weight excluding hydrogens is 230 g/mol. The zero-order valence-electron chi connectivity index (χ0n) is 11.8. The van der Waals surface area contributed by atoms with Gasteiger partial charge in [0.2, 0.25) is 0 Å². The molecule has 0 radical (unpaired) electrons. The minimum atomic E-state index is -0.376. The Morgan fingerprint density at radius 3 is 2.72 bits per heavy atom. The van der Waals surface area contributed by atoms with E-state index in [4.69, 9.17) is 10.6 Å². The summed E-state index contributed by atoms with van der Waals surface area (Å²) in [6, 6.07) is 0.122.